The minimum absolute atomic E-state index is 0.334. The van der Waals surface area contributed by atoms with Gasteiger partial charge in [0.1, 0.15) is 5.82 Å². The maximum absolute atomic E-state index is 5.74. The maximum atomic E-state index is 5.74. The number of hydrogen-bond donors (Lipinski definition) is 2. The molecule has 0 saturated heterocycles. The lowest BCUT2D eigenvalue weighted by atomic mass is 9.84. The van der Waals surface area contributed by atoms with Crippen molar-refractivity contribution in [2.45, 2.75) is 42.8 Å². The maximum Gasteiger partial charge on any atom is 0.227 e. The van der Waals surface area contributed by atoms with E-state index in [9.17, 15) is 0 Å². The first-order chi connectivity index (χ1) is 8.71. The molecule has 0 radical (unpaired) electrons. The third kappa shape index (κ3) is 2.39. The van der Waals surface area contributed by atoms with Crippen LogP contribution in [-0.2, 0) is 0 Å². The third-order valence-corrected chi connectivity index (χ3v) is 5.30. The van der Waals surface area contributed by atoms with Gasteiger partial charge in [-0.15, -0.1) is 0 Å². The minimum Gasteiger partial charge on any atom is -0.368 e. The van der Waals surface area contributed by atoms with E-state index < -0.39 is 0 Å². The summed E-state index contributed by atoms with van der Waals surface area (Å²) in [6.45, 7) is 0.918. The summed E-state index contributed by atoms with van der Waals surface area (Å²) in [5.74, 6) is 2.34. The lowest BCUT2D eigenvalue weighted by Crippen LogP contribution is -2.40. The first kappa shape index (κ1) is 12.0. The van der Waals surface area contributed by atoms with Gasteiger partial charge in [0.25, 0.3) is 0 Å². The van der Waals surface area contributed by atoms with Gasteiger partial charge < -0.3 is 11.1 Å². The van der Waals surface area contributed by atoms with E-state index in [1.807, 2.05) is 11.8 Å². The topological polar surface area (TPSA) is 76.7 Å². The fourth-order valence-electron chi connectivity index (χ4n) is 2.28. The molecule has 0 spiro atoms. The van der Waals surface area contributed by atoms with Crippen molar-refractivity contribution in [2.24, 2.45) is 0 Å². The van der Waals surface area contributed by atoms with Crippen LogP contribution >= 0.6 is 11.8 Å². The van der Waals surface area contributed by atoms with Crippen molar-refractivity contribution in [1.29, 1.82) is 0 Å². The van der Waals surface area contributed by atoms with Crippen LogP contribution in [0.5, 0.6) is 0 Å². The molecule has 1 heterocycles. The summed E-state index contributed by atoms with van der Waals surface area (Å²) >= 11 is 1.94. The summed E-state index contributed by atoms with van der Waals surface area (Å²) in [4.78, 5) is 12.8. The number of aromatic nitrogens is 3. The van der Waals surface area contributed by atoms with E-state index >= 15 is 0 Å². The Kier molecular flexibility index (Phi) is 3.05. The highest BCUT2D eigenvalue weighted by atomic mass is 32.2. The predicted octanol–water partition coefficient (Wildman–Crippen LogP) is 2.03. The normalized spacial score (nSPS) is 21.4. The van der Waals surface area contributed by atoms with Gasteiger partial charge in [-0.3, -0.25) is 0 Å². The van der Waals surface area contributed by atoms with Crippen LogP contribution in [0.2, 0.25) is 0 Å². The Morgan fingerprint density at radius 2 is 2.11 bits per heavy atom. The molecule has 0 aromatic carbocycles. The van der Waals surface area contributed by atoms with E-state index in [0.717, 1.165) is 12.4 Å². The molecule has 2 aliphatic carbocycles. The largest absolute Gasteiger partial charge is 0.368 e. The van der Waals surface area contributed by atoms with E-state index in [1.54, 1.807) is 0 Å². The summed E-state index contributed by atoms with van der Waals surface area (Å²) in [7, 11) is 0. The Morgan fingerprint density at radius 3 is 2.67 bits per heavy atom. The van der Waals surface area contributed by atoms with E-state index in [2.05, 4.69) is 26.5 Å². The van der Waals surface area contributed by atoms with Crippen LogP contribution in [0.15, 0.2) is 0 Å². The SMILES string of the molecule is CSC1(CNc2nc(N)nc(C3CC3)n2)CCC1. The van der Waals surface area contributed by atoms with Gasteiger partial charge in [-0.25, -0.2) is 0 Å². The molecule has 3 N–H and O–H groups in total. The molecule has 2 saturated carbocycles. The summed E-state index contributed by atoms with van der Waals surface area (Å²) in [6.07, 6.45) is 8.41. The van der Waals surface area contributed by atoms with Crippen LogP contribution in [-0.4, -0.2) is 32.5 Å². The molecule has 2 fully saturated rings. The average Bonchev–Trinajstić information content (AvgIpc) is 3.11. The predicted molar refractivity (Wildman–Crippen MR) is 74.8 cm³/mol. The zero-order valence-corrected chi connectivity index (χ0v) is 11.5. The van der Waals surface area contributed by atoms with Crippen molar-refractivity contribution in [2.75, 3.05) is 23.9 Å². The van der Waals surface area contributed by atoms with Crippen LogP contribution in [0.4, 0.5) is 11.9 Å². The Balaban J connectivity index is 1.68. The zero-order chi connectivity index (χ0) is 12.6. The summed E-state index contributed by atoms with van der Waals surface area (Å²) in [5, 5.41) is 3.34. The quantitative estimate of drug-likeness (QED) is 0.848. The smallest absolute Gasteiger partial charge is 0.227 e. The molecule has 3 rings (SSSR count). The van der Waals surface area contributed by atoms with Crippen molar-refractivity contribution in [3.8, 4) is 0 Å². The molecule has 0 aliphatic heterocycles. The standard InChI is InChI=1S/C12H19N5S/c1-18-12(5-2-6-12)7-14-11-16-9(8-3-4-8)15-10(13)17-11/h8H,2-7H2,1H3,(H3,13,14,15,16,17). The highest BCUT2D eigenvalue weighted by molar-refractivity contribution is 8.00. The molecule has 6 heteroatoms. The van der Waals surface area contributed by atoms with Gasteiger partial charge in [0.15, 0.2) is 0 Å². The molecule has 0 unspecified atom stereocenters. The molecule has 5 nitrogen and oxygen atoms in total. The van der Waals surface area contributed by atoms with Crippen molar-refractivity contribution in [3.05, 3.63) is 5.82 Å². The van der Waals surface area contributed by atoms with E-state index in [-0.39, 0.29) is 0 Å². The van der Waals surface area contributed by atoms with Gasteiger partial charge in [0, 0.05) is 17.2 Å². The van der Waals surface area contributed by atoms with Gasteiger partial charge in [-0.2, -0.15) is 26.7 Å². The Labute approximate surface area is 111 Å². The Morgan fingerprint density at radius 1 is 1.33 bits per heavy atom. The van der Waals surface area contributed by atoms with Gasteiger partial charge in [-0.05, 0) is 31.9 Å². The lowest BCUT2D eigenvalue weighted by Gasteiger charge is -2.40. The van der Waals surface area contributed by atoms with Gasteiger partial charge in [0.2, 0.25) is 11.9 Å². The summed E-state index contributed by atoms with van der Waals surface area (Å²) in [5.41, 5.74) is 5.74. The van der Waals surface area contributed by atoms with Crippen molar-refractivity contribution in [1.82, 2.24) is 15.0 Å². The van der Waals surface area contributed by atoms with Crippen molar-refractivity contribution < 1.29 is 0 Å². The summed E-state index contributed by atoms with van der Waals surface area (Å²) < 4.78 is 0.376. The number of thioether (sulfide) groups is 1. The Hall–Kier alpha value is -1.04. The first-order valence-electron chi connectivity index (χ1n) is 6.51. The molecule has 18 heavy (non-hydrogen) atoms. The molecule has 1 aromatic heterocycles. The zero-order valence-electron chi connectivity index (χ0n) is 10.6. The van der Waals surface area contributed by atoms with Crippen LogP contribution in [0.1, 0.15) is 43.8 Å². The van der Waals surface area contributed by atoms with E-state index in [1.165, 1.54) is 32.1 Å². The number of anilines is 2. The number of rotatable bonds is 5. The molecule has 1 aromatic rings. The fourth-order valence-corrected chi connectivity index (χ4v) is 3.19. The highest BCUT2D eigenvalue weighted by Gasteiger charge is 2.36. The second kappa shape index (κ2) is 4.57. The number of nitrogens with zero attached hydrogens (tertiary/aromatic N) is 3. The Bertz CT molecular complexity index is 437. The van der Waals surface area contributed by atoms with Crippen LogP contribution in [0.25, 0.3) is 0 Å². The van der Waals surface area contributed by atoms with Crippen molar-refractivity contribution in [3.63, 3.8) is 0 Å². The molecule has 98 valence electrons. The second-order valence-electron chi connectivity index (χ2n) is 5.24. The van der Waals surface area contributed by atoms with Gasteiger partial charge in [-0.1, -0.05) is 6.42 Å². The molecule has 0 amide bonds. The minimum atomic E-state index is 0.334. The van der Waals surface area contributed by atoms with Crippen molar-refractivity contribution >= 4 is 23.7 Å². The van der Waals surface area contributed by atoms with Crippen LogP contribution in [0, 0.1) is 0 Å². The van der Waals surface area contributed by atoms with Gasteiger partial charge in [0.05, 0.1) is 0 Å². The number of nitrogen functional groups attached to an aromatic ring is 1. The highest BCUT2D eigenvalue weighted by Crippen LogP contribution is 2.43. The summed E-state index contributed by atoms with van der Waals surface area (Å²) in [6, 6.07) is 0. The van der Waals surface area contributed by atoms with E-state index in [4.69, 9.17) is 5.73 Å². The van der Waals surface area contributed by atoms with Crippen LogP contribution in [0.3, 0.4) is 0 Å². The third-order valence-electron chi connectivity index (χ3n) is 3.88. The van der Waals surface area contributed by atoms with Gasteiger partial charge >= 0.3 is 0 Å². The molecular formula is C12H19N5S. The fraction of sp³-hybridized carbons (Fsp3) is 0.750. The second-order valence-corrected chi connectivity index (χ2v) is 6.52. The number of nitrogens with two attached hydrogens (primary N) is 1. The average molecular weight is 265 g/mol. The lowest BCUT2D eigenvalue weighted by molar-refractivity contribution is 0.379. The molecule has 0 bridgehead atoms. The molecule has 2 aliphatic rings. The monoisotopic (exact) mass is 265 g/mol. The van der Waals surface area contributed by atoms with E-state index in [0.29, 0.717) is 22.6 Å². The number of hydrogen-bond acceptors (Lipinski definition) is 6. The number of nitrogens with one attached hydrogen (secondary N) is 1. The molecule has 0 atom stereocenters. The molecular weight excluding hydrogens is 246 g/mol. The first-order valence-corrected chi connectivity index (χ1v) is 7.74. The van der Waals surface area contributed by atoms with Crippen LogP contribution < -0.4 is 11.1 Å².